The Balaban J connectivity index is 1.99. The smallest absolute Gasteiger partial charge is 0.133 e. The van der Waals surface area contributed by atoms with Gasteiger partial charge in [-0.25, -0.2) is 4.98 Å². The van der Waals surface area contributed by atoms with Gasteiger partial charge in [0.05, 0.1) is 34.2 Å². The number of aryl methyl sites for hydroxylation is 2. The van der Waals surface area contributed by atoms with Crippen LogP contribution in [-0.4, -0.2) is 29.8 Å². The second-order valence-corrected chi connectivity index (χ2v) is 13.4. The van der Waals surface area contributed by atoms with Crippen LogP contribution in [0.2, 0.25) is 39.9 Å². The zero-order valence-electron chi connectivity index (χ0n) is 28.1. The first-order valence-corrected chi connectivity index (χ1v) is 16.3. The Morgan fingerprint density at radius 1 is 0.619 bits per heavy atom. The minimum Gasteiger partial charge on any atom is -0.251 e. The van der Waals surface area contributed by atoms with Gasteiger partial charge in [0.1, 0.15) is 13.4 Å². The number of aliphatic imine (C=N–C) groups is 2. The third-order valence-electron chi connectivity index (χ3n) is 8.05. The van der Waals surface area contributed by atoms with Crippen molar-refractivity contribution in [1.29, 1.82) is 0 Å². The summed E-state index contributed by atoms with van der Waals surface area (Å²) in [6.45, 7) is 23.8. The maximum Gasteiger partial charge on any atom is 0.133 e. The highest BCUT2D eigenvalue weighted by molar-refractivity contribution is 6.55. The van der Waals surface area contributed by atoms with E-state index in [1.54, 1.807) is 0 Å². The van der Waals surface area contributed by atoms with Crippen molar-refractivity contribution in [3.05, 3.63) is 88.2 Å². The van der Waals surface area contributed by atoms with Crippen molar-refractivity contribution in [2.75, 3.05) is 0 Å². The summed E-state index contributed by atoms with van der Waals surface area (Å²) in [5.74, 6) is 0.817. The Hall–Kier alpha value is -2.94. The Labute approximate surface area is 258 Å². The molecule has 2 aromatic carbocycles. The number of hydrogen-bond acceptors (Lipinski definition) is 3. The summed E-state index contributed by atoms with van der Waals surface area (Å²) in [6, 6.07) is 19.6. The van der Waals surface area contributed by atoms with E-state index in [2.05, 4.69) is 123 Å². The molecule has 0 atom stereocenters. The Morgan fingerprint density at radius 2 is 1.00 bits per heavy atom. The molecule has 0 aliphatic rings. The van der Waals surface area contributed by atoms with E-state index in [-0.39, 0.29) is 0 Å². The molecule has 1 heterocycles. The molecule has 0 fully saturated rings. The van der Waals surface area contributed by atoms with Gasteiger partial charge < -0.3 is 0 Å². The Kier molecular flexibility index (Phi) is 12.8. The van der Waals surface area contributed by atoms with Crippen LogP contribution in [0.3, 0.4) is 0 Å². The number of benzene rings is 2. The summed E-state index contributed by atoms with van der Waals surface area (Å²) >= 11 is 0. The molecule has 0 unspecified atom stereocenters. The summed E-state index contributed by atoms with van der Waals surface area (Å²) in [7, 11) is 0. The fourth-order valence-electron chi connectivity index (χ4n) is 5.52. The summed E-state index contributed by atoms with van der Waals surface area (Å²) in [4.78, 5) is 15.6. The first-order chi connectivity index (χ1) is 20.0. The second-order valence-electron chi connectivity index (χ2n) is 13.4. The fraction of sp³-hybridized carbons (Fsp3) is 0.486. The topological polar surface area (TPSA) is 37.6 Å². The van der Waals surface area contributed by atoms with Gasteiger partial charge in [0.25, 0.3) is 0 Å². The van der Waals surface area contributed by atoms with Crippen molar-refractivity contribution in [1.82, 2.24) is 4.98 Å². The van der Waals surface area contributed by atoms with E-state index in [1.165, 1.54) is 47.7 Å². The van der Waals surface area contributed by atoms with Gasteiger partial charge in [0.15, 0.2) is 0 Å². The van der Waals surface area contributed by atoms with E-state index in [0.717, 1.165) is 47.0 Å². The van der Waals surface area contributed by atoms with Crippen LogP contribution < -0.4 is 0 Å². The SMILES string of the molecule is CB(C)CCCc1cccc(C(C)C)c1N=C(C)c1cccc(C(C)=Nc2c(CCCB(C)C)cccc2C(C)C)n1. The third-order valence-corrected chi connectivity index (χ3v) is 8.05. The molecular formula is C37H53B2N3. The van der Waals surface area contributed by atoms with E-state index in [9.17, 15) is 0 Å². The second kappa shape index (κ2) is 16.1. The van der Waals surface area contributed by atoms with E-state index >= 15 is 0 Å². The molecule has 3 nitrogen and oxygen atoms in total. The maximum atomic E-state index is 5.25. The van der Waals surface area contributed by atoms with Crippen LogP contribution in [0.15, 0.2) is 64.6 Å². The molecule has 1 aromatic heterocycles. The molecule has 42 heavy (non-hydrogen) atoms. The number of pyridine rings is 1. The van der Waals surface area contributed by atoms with Gasteiger partial charge in [-0.2, -0.15) is 0 Å². The van der Waals surface area contributed by atoms with Gasteiger partial charge in [0.2, 0.25) is 0 Å². The van der Waals surface area contributed by atoms with Crippen molar-refractivity contribution in [3.63, 3.8) is 0 Å². The van der Waals surface area contributed by atoms with Gasteiger partial charge in [-0.15, -0.1) is 0 Å². The number of nitrogens with zero attached hydrogens (tertiary/aromatic N) is 3. The lowest BCUT2D eigenvalue weighted by Crippen LogP contribution is -2.06. The molecule has 0 radical (unpaired) electrons. The van der Waals surface area contributed by atoms with Gasteiger partial charge >= 0.3 is 0 Å². The largest absolute Gasteiger partial charge is 0.251 e. The minimum atomic E-state index is 0.408. The molecule has 0 bridgehead atoms. The van der Waals surface area contributed by atoms with Gasteiger partial charge in [0, 0.05) is 0 Å². The molecule has 0 saturated carbocycles. The number of hydrogen-bond donors (Lipinski definition) is 0. The van der Waals surface area contributed by atoms with Crippen LogP contribution in [0.25, 0.3) is 0 Å². The summed E-state index contributed by atoms with van der Waals surface area (Å²) in [5, 5.41) is 0. The van der Waals surface area contributed by atoms with Crippen LogP contribution >= 0.6 is 0 Å². The molecule has 0 N–H and O–H groups in total. The monoisotopic (exact) mass is 561 g/mol. The van der Waals surface area contributed by atoms with Crippen LogP contribution in [0.4, 0.5) is 11.4 Å². The predicted molar refractivity (Wildman–Crippen MR) is 190 cm³/mol. The van der Waals surface area contributed by atoms with Gasteiger partial charge in [-0.3, -0.25) is 9.98 Å². The molecule has 3 rings (SSSR count). The molecular weight excluding hydrogens is 508 g/mol. The predicted octanol–water partition coefficient (Wildman–Crippen LogP) is 11.0. The first kappa shape index (κ1) is 33.6. The zero-order valence-corrected chi connectivity index (χ0v) is 28.1. The average molecular weight is 561 g/mol. The molecule has 0 aliphatic heterocycles. The molecule has 5 heteroatoms. The van der Waals surface area contributed by atoms with Crippen molar-refractivity contribution in [2.45, 2.75) is 119 Å². The van der Waals surface area contributed by atoms with Crippen LogP contribution in [-0.2, 0) is 12.8 Å². The first-order valence-electron chi connectivity index (χ1n) is 16.3. The fourth-order valence-corrected chi connectivity index (χ4v) is 5.52. The normalized spacial score (nSPS) is 12.4. The van der Waals surface area contributed by atoms with Gasteiger partial charge in [-0.05, 0) is 72.9 Å². The highest BCUT2D eigenvalue weighted by Gasteiger charge is 2.15. The lowest BCUT2D eigenvalue weighted by molar-refractivity contribution is 0.852. The van der Waals surface area contributed by atoms with Crippen molar-refractivity contribution in [3.8, 4) is 0 Å². The third kappa shape index (κ3) is 9.54. The van der Waals surface area contributed by atoms with Gasteiger partial charge in [-0.1, -0.05) is 123 Å². The Bertz CT molecular complexity index is 1270. The molecule has 0 aliphatic carbocycles. The average Bonchev–Trinajstić information content (AvgIpc) is 2.93. The van der Waals surface area contributed by atoms with Crippen LogP contribution in [0.1, 0.15) is 99.9 Å². The summed E-state index contributed by atoms with van der Waals surface area (Å²) in [5.41, 5.74) is 11.2. The highest BCUT2D eigenvalue weighted by Crippen LogP contribution is 2.34. The number of para-hydroxylation sites is 2. The van der Waals surface area contributed by atoms with E-state index in [1.807, 2.05) is 0 Å². The van der Waals surface area contributed by atoms with Crippen LogP contribution in [0.5, 0.6) is 0 Å². The van der Waals surface area contributed by atoms with E-state index < -0.39 is 0 Å². The van der Waals surface area contributed by atoms with Crippen molar-refractivity contribution >= 4 is 36.2 Å². The molecule has 3 aromatic rings. The summed E-state index contributed by atoms with van der Waals surface area (Å²) < 4.78 is 0. The maximum absolute atomic E-state index is 5.25. The summed E-state index contributed by atoms with van der Waals surface area (Å²) in [6.07, 6.45) is 6.94. The lowest BCUT2D eigenvalue weighted by atomic mass is 9.51. The standard InChI is InChI=1S/C37H53B2N3/c1-26(2)32-20-11-16-30(18-14-24-38(7)8)36(32)40-28(5)34-22-13-23-35(42-34)29(6)41-37-31(19-15-25-39(9)10)17-12-21-33(37)27(3)4/h11-13,16-17,20-23,26-27H,14-15,18-19,24-25H2,1-10H3. The number of rotatable bonds is 14. The Morgan fingerprint density at radius 3 is 1.36 bits per heavy atom. The van der Waals surface area contributed by atoms with Crippen LogP contribution in [0, 0.1) is 0 Å². The van der Waals surface area contributed by atoms with Crippen molar-refractivity contribution < 1.29 is 0 Å². The van der Waals surface area contributed by atoms with E-state index in [0.29, 0.717) is 25.3 Å². The molecule has 0 amide bonds. The quantitative estimate of drug-likeness (QED) is 0.143. The van der Waals surface area contributed by atoms with Crippen molar-refractivity contribution in [2.24, 2.45) is 9.98 Å². The number of aromatic nitrogens is 1. The minimum absolute atomic E-state index is 0.408. The lowest BCUT2D eigenvalue weighted by Gasteiger charge is -2.16. The van der Waals surface area contributed by atoms with E-state index in [4.69, 9.17) is 15.0 Å². The molecule has 0 spiro atoms. The molecule has 222 valence electrons. The molecule has 0 saturated heterocycles. The highest BCUT2D eigenvalue weighted by atomic mass is 14.8. The zero-order chi connectivity index (χ0) is 30.8.